The first-order valence-electron chi connectivity index (χ1n) is 4.91. The number of benzene rings is 1. The van der Waals surface area contributed by atoms with Crippen LogP contribution in [-0.4, -0.2) is 21.4 Å². The van der Waals surface area contributed by atoms with Gasteiger partial charge in [0.05, 0.1) is 10.8 Å². The molecule has 0 aliphatic rings. The Labute approximate surface area is 107 Å². The van der Waals surface area contributed by atoms with Crippen molar-refractivity contribution < 1.29 is 9.77 Å². The predicted molar refractivity (Wildman–Crippen MR) is 66.0 cm³/mol. The van der Waals surface area contributed by atoms with Gasteiger partial charge in [-0.05, 0) is 24.3 Å². The first-order valence-corrected chi connectivity index (χ1v) is 4.91. The fourth-order valence-corrected chi connectivity index (χ4v) is 1.21. The average molecular weight is 265 g/mol. The Bertz CT molecular complexity index is 542. The van der Waals surface area contributed by atoms with E-state index in [1.54, 1.807) is 10.9 Å². The van der Waals surface area contributed by atoms with E-state index in [0.717, 1.165) is 11.4 Å². The lowest BCUT2D eigenvalue weighted by molar-refractivity contribution is -0.659. The molecule has 0 bridgehead atoms. The molecule has 1 aromatic heterocycles. The molecule has 0 aliphatic heterocycles. The average Bonchev–Trinajstić information content (AvgIpc) is 2.82. The van der Waals surface area contributed by atoms with Gasteiger partial charge in [0.1, 0.15) is 0 Å². The monoisotopic (exact) mass is 265 g/mol. The maximum atomic E-state index is 8.25. The lowest BCUT2D eigenvalue weighted by Gasteiger charge is -1.96. The Kier molecular flexibility index (Phi) is 4.78. The molecular weight excluding hydrogens is 254 g/mol. The Balaban J connectivity index is 0.000000399. The van der Waals surface area contributed by atoms with Gasteiger partial charge in [-0.15, -0.1) is 4.68 Å². The van der Waals surface area contributed by atoms with E-state index in [1.165, 1.54) is 0 Å². The molecule has 2 rings (SSSR count). The van der Waals surface area contributed by atoms with Gasteiger partial charge in [-0.25, -0.2) is 4.99 Å². The SMILES string of the molecule is NC(N)=Nc1ccc(-[n+]2ccn[nH]2)cc1.O=[N+]([O-])[O-]. The number of nitrogens with two attached hydrogens (primary N) is 2. The van der Waals surface area contributed by atoms with Crippen LogP contribution >= 0.6 is 0 Å². The smallest absolute Gasteiger partial charge is 0.206 e. The summed E-state index contributed by atoms with van der Waals surface area (Å²) in [7, 11) is 0. The van der Waals surface area contributed by atoms with Gasteiger partial charge >= 0.3 is 0 Å². The third-order valence-electron chi connectivity index (χ3n) is 1.84. The van der Waals surface area contributed by atoms with Gasteiger partial charge in [-0.1, -0.05) is 5.21 Å². The molecular formula is C9H11N7O3. The third-order valence-corrected chi connectivity index (χ3v) is 1.84. The summed E-state index contributed by atoms with van der Waals surface area (Å²) < 4.78 is 1.78. The highest BCUT2D eigenvalue weighted by atomic mass is 16.9. The summed E-state index contributed by atoms with van der Waals surface area (Å²) in [4.78, 5) is 12.2. The Morgan fingerprint density at radius 2 is 1.89 bits per heavy atom. The summed E-state index contributed by atoms with van der Waals surface area (Å²) >= 11 is 0. The number of aliphatic imine (C=N–C) groups is 1. The number of hydrogen-bond donors (Lipinski definition) is 3. The number of nitrogens with zero attached hydrogens (tertiary/aromatic N) is 4. The fraction of sp³-hybridized carbons (Fsp3) is 0. The van der Waals surface area contributed by atoms with Gasteiger partial charge in [0.2, 0.25) is 6.20 Å². The van der Waals surface area contributed by atoms with Crippen LogP contribution in [-0.2, 0) is 0 Å². The van der Waals surface area contributed by atoms with Crippen LogP contribution in [0.15, 0.2) is 41.7 Å². The summed E-state index contributed by atoms with van der Waals surface area (Å²) in [6, 6.07) is 7.42. The minimum absolute atomic E-state index is 0.0527. The zero-order valence-corrected chi connectivity index (χ0v) is 9.63. The molecule has 1 heterocycles. The van der Waals surface area contributed by atoms with E-state index in [4.69, 9.17) is 26.8 Å². The molecule has 0 saturated heterocycles. The van der Waals surface area contributed by atoms with Crippen molar-refractivity contribution in [2.75, 3.05) is 0 Å². The van der Waals surface area contributed by atoms with E-state index in [1.807, 2.05) is 30.5 Å². The highest BCUT2D eigenvalue weighted by Gasteiger charge is 2.02. The second-order valence-corrected chi connectivity index (χ2v) is 3.17. The summed E-state index contributed by atoms with van der Waals surface area (Å²) in [5, 5.41) is 21.4. The molecule has 0 fully saturated rings. The molecule has 0 saturated carbocycles. The van der Waals surface area contributed by atoms with Crippen LogP contribution in [0.5, 0.6) is 0 Å². The number of H-pyrrole nitrogens is 1. The quantitative estimate of drug-likeness (QED) is 0.215. The number of guanidine groups is 1. The minimum Gasteiger partial charge on any atom is -0.370 e. The van der Waals surface area contributed by atoms with Crippen LogP contribution in [0, 0.1) is 15.3 Å². The van der Waals surface area contributed by atoms with Crippen molar-refractivity contribution in [3.8, 4) is 5.69 Å². The minimum atomic E-state index is -1.75. The normalized spacial score (nSPS) is 9.05. The Morgan fingerprint density at radius 3 is 2.32 bits per heavy atom. The summed E-state index contributed by atoms with van der Waals surface area (Å²) in [5.74, 6) is 0.0527. The molecule has 0 spiro atoms. The molecule has 0 unspecified atom stereocenters. The lowest BCUT2D eigenvalue weighted by atomic mass is 10.3. The first kappa shape index (κ1) is 13.9. The standard InChI is InChI=1S/C9H10N6.NO3/c10-9(11)13-7-1-3-8(4-2-7)15-6-5-12-14-15;2-1(3)4/h1-6H,(H4,10,11,13);/q;-1/p+1. The number of nitrogens with one attached hydrogen (secondary N) is 1. The molecule has 10 heteroatoms. The first-order chi connectivity index (χ1) is 8.99. The maximum absolute atomic E-state index is 8.25. The highest BCUT2D eigenvalue weighted by molar-refractivity contribution is 5.78. The Hall–Kier alpha value is -3.17. The van der Waals surface area contributed by atoms with Crippen LogP contribution < -0.4 is 16.1 Å². The van der Waals surface area contributed by atoms with Crippen LogP contribution in [0.1, 0.15) is 0 Å². The summed E-state index contributed by atoms with van der Waals surface area (Å²) in [6.45, 7) is 0. The van der Waals surface area contributed by atoms with E-state index in [-0.39, 0.29) is 5.96 Å². The van der Waals surface area contributed by atoms with E-state index in [2.05, 4.69) is 15.3 Å². The molecule has 1 aromatic carbocycles. The van der Waals surface area contributed by atoms with Crippen LogP contribution in [0.4, 0.5) is 5.69 Å². The van der Waals surface area contributed by atoms with Crippen molar-refractivity contribution in [1.29, 1.82) is 0 Å². The van der Waals surface area contributed by atoms with Crippen LogP contribution in [0.2, 0.25) is 0 Å². The third kappa shape index (κ3) is 5.12. The molecule has 100 valence electrons. The van der Waals surface area contributed by atoms with Crippen molar-refractivity contribution in [2.24, 2.45) is 16.5 Å². The van der Waals surface area contributed by atoms with E-state index in [0.29, 0.717) is 0 Å². The molecule has 5 N–H and O–H groups in total. The van der Waals surface area contributed by atoms with E-state index in [9.17, 15) is 0 Å². The predicted octanol–water partition coefficient (Wildman–Crippen LogP) is -0.648. The molecule has 0 aliphatic carbocycles. The van der Waals surface area contributed by atoms with Crippen molar-refractivity contribution in [3.05, 3.63) is 52.0 Å². The van der Waals surface area contributed by atoms with Crippen LogP contribution in [0.25, 0.3) is 5.69 Å². The second kappa shape index (κ2) is 6.54. The second-order valence-electron chi connectivity index (χ2n) is 3.17. The molecule has 0 atom stereocenters. The zero-order chi connectivity index (χ0) is 14.3. The molecule has 10 nitrogen and oxygen atoms in total. The van der Waals surface area contributed by atoms with Crippen molar-refractivity contribution >= 4 is 11.6 Å². The fourth-order valence-electron chi connectivity index (χ4n) is 1.21. The maximum Gasteiger partial charge on any atom is 0.206 e. The van der Waals surface area contributed by atoms with E-state index < -0.39 is 5.09 Å². The van der Waals surface area contributed by atoms with Crippen molar-refractivity contribution in [1.82, 2.24) is 10.3 Å². The van der Waals surface area contributed by atoms with Gasteiger partial charge in [0.25, 0.3) is 0 Å². The molecule has 2 aromatic rings. The topological polar surface area (TPSA) is 163 Å². The van der Waals surface area contributed by atoms with Gasteiger partial charge in [-0.3, -0.25) is 0 Å². The zero-order valence-electron chi connectivity index (χ0n) is 9.63. The molecule has 0 radical (unpaired) electrons. The van der Waals surface area contributed by atoms with E-state index >= 15 is 0 Å². The highest BCUT2D eigenvalue weighted by Crippen LogP contribution is 2.11. The number of aromatic nitrogens is 3. The lowest BCUT2D eigenvalue weighted by Crippen LogP contribution is -2.31. The van der Waals surface area contributed by atoms with Crippen molar-refractivity contribution in [3.63, 3.8) is 0 Å². The largest absolute Gasteiger partial charge is 0.370 e. The molecule has 0 amide bonds. The Morgan fingerprint density at radius 1 is 1.32 bits per heavy atom. The molecule has 19 heavy (non-hydrogen) atoms. The van der Waals surface area contributed by atoms with Crippen LogP contribution in [0.3, 0.4) is 0 Å². The number of aromatic amines is 1. The van der Waals surface area contributed by atoms with Gasteiger partial charge in [0.15, 0.2) is 17.8 Å². The van der Waals surface area contributed by atoms with Gasteiger partial charge in [0, 0.05) is 5.10 Å². The summed E-state index contributed by atoms with van der Waals surface area (Å²) in [6.07, 6.45) is 3.49. The van der Waals surface area contributed by atoms with Gasteiger partial charge < -0.3 is 26.8 Å². The van der Waals surface area contributed by atoms with Gasteiger partial charge in [-0.2, -0.15) is 0 Å². The number of rotatable bonds is 2. The van der Waals surface area contributed by atoms with Crippen molar-refractivity contribution in [2.45, 2.75) is 0 Å². The number of hydrogen-bond acceptors (Lipinski definition) is 5. The summed E-state index contributed by atoms with van der Waals surface area (Å²) in [5.41, 5.74) is 12.2.